The van der Waals surface area contributed by atoms with Crippen LogP contribution >= 0.6 is 0 Å². The van der Waals surface area contributed by atoms with E-state index < -0.39 is 11.4 Å². The summed E-state index contributed by atoms with van der Waals surface area (Å²) < 4.78 is 5.77. The van der Waals surface area contributed by atoms with Crippen LogP contribution in [0.4, 0.5) is 0 Å². The molecule has 2 fully saturated rings. The van der Waals surface area contributed by atoms with Gasteiger partial charge in [0, 0.05) is 26.2 Å². The van der Waals surface area contributed by atoms with Crippen LogP contribution in [0.1, 0.15) is 20.3 Å². The van der Waals surface area contributed by atoms with E-state index in [1.165, 1.54) is 0 Å². The molecule has 2 rings (SSSR count). The number of ether oxygens (including phenoxy) is 1. The van der Waals surface area contributed by atoms with Crippen LogP contribution in [-0.4, -0.2) is 72.9 Å². The van der Waals surface area contributed by atoms with E-state index in [9.17, 15) is 9.90 Å². The molecule has 18 heavy (non-hydrogen) atoms. The summed E-state index contributed by atoms with van der Waals surface area (Å²) in [5, 5.41) is 9.21. The maximum absolute atomic E-state index is 11.2. The molecule has 0 amide bonds. The van der Waals surface area contributed by atoms with E-state index in [4.69, 9.17) is 4.74 Å². The van der Waals surface area contributed by atoms with Crippen LogP contribution in [0.15, 0.2) is 0 Å². The number of hydrogen-bond acceptors (Lipinski definition) is 4. The molecule has 0 aromatic heterocycles. The minimum Gasteiger partial charge on any atom is -0.481 e. The number of carboxylic acids is 1. The van der Waals surface area contributed by atoms with Crippen molar-refractivity contribution in [2.75, 3.05) is 45.9 Å². The highest BCUT2D eigenvalue weighted by molar-refractivity contribution is 5.74. The number of hydrogen-bond donors (Lipinski definition) is 1. The Balaban J connectivity index is 1.82. The van der Waals surface area contributed by atoms with Crippen molar-refractivity contribution in [3.8, 4) is 0 Å². The molecule has 0 bridgehead atoms. The lowest BCUT2D eigenvalue weighted by Crippen LogP contribution is -2.47. The maximum atomic E-state index is 11.2. The molecule has 0 aliphatic carbocycles. The molecule has 0 radical (unpaired) electrons. The normalized spacial score (nSPS) is 34.9. The van der Waals surface area contributed by atoms with Gasteiger partial charge in [-0.05, 0) is 26.4 Å². The summed E-state index contributed by atoms with van der Waals surface area (Å²) in [4.78, 5) is 15.8. The Morgan fingerprint density at radius 2 is 2.22 bits per heavy atom. The molecule has 2 aliphatic heterocycles. The minimum atomic E-state index is -0.676. The van der Waals surface area contributed by atoms with Gasteiger partial charge in [0.15, 0.2) is 0 Å². The van der Waals surface area contributed by atoms with Crippen LogP contribution in [0, 0.1) is 5.41 Å². The molecule has 5 heteroatoms. The molecule has 104 valence electrons. The van der Waals surface area contributed by atoms with Gasteiger partial charge < -0.3 is 9.84 Å². The predicted molar refractivity (Wildman–Crippen MR) is 68.7 cm³/mol. The van der Waals surface area contributed by atoms with E-state index in [-0.39, 0.29) is 6.10 Å². The topological polar surface area (TPSA) is 53.0 Å². The van der Waals surface area contributed by atoms with Crippen molar-refractivity contribution in [3.05, 3.63) is 0 Å². The standard InChI is InChI=1S/C13H24N2O3/c1-3-14-6-7-18-11(8-14)9-15-5-4-13(2,10-15)12(16)17/h11H,3-10H2,1-2H3,(H,16,17). The van der Waals surface area contributed by atoms with E-state index >= 15 is 0 Å². The smallest absolute Gasteiger partial charge is 0.310 e. The van der Waals surface area contributed by atoms with E-state index in [1.807, 2.05) is 6.92 Å². The van der Waals surface area contributed by atoms with Crippen LogP contribution in [0.5, 0.6) is 0 Å². The molecule has 5 nitrogen and oxygen atoms in total. The molecule has 0 aromatic carbocycles. The fourth-order valence-corrected chi connectivity index (χ4v) is 2.85. The third-order valence-corrected chi connectivity index (χ3v) is 4.20. The molecule has 2 heterocycles. The first kappa shape index (κ1) is 13.8. The monoisotopic (exact) mass is 256 g/mol. The Labute approximate surface area is 109 Å². The second kappa shape index (κ2) is 5.55. The second-order valence-electron chi connectivity index (χ2n) is 5.74. The lowest BCUT2D eigenvalue weighted by Gasteiger charge is -2.34. The van der Waals surface area contributed by atoms with Crippen LogP contribution in [0.25, 0.3) is 0 Å². The number of aliphatic carboxylic acids is 1. The van der Waals surface area contributed by atoms with Gasteiger partial charge in [-0.3, -0.25) is 14.6 Å². The van der Waals surface area contributed by atoms with E-state index in [0.29, 0.717) is 6.54 Å². The van der Waals surface area contributed by atoms with Crippen LogP contribution < -0.4 is 0 Å². The molecule has 2 saturated heterocycles. The predicted octanol–water partition coefficient (Wildman–Crippen LogP) is 0.504. The Bertz CT molecular complexity index is 311. The van der Waals surface area contributed by atoms with Gasteiger partial charge in [0.05, 0.1) is 18.1 Å². The van der Waals surface area contributed by atoms with Gasteiger partial charge in [0.2, 0.25) is 0 Å². The molecule has 2 aliphatic rings. The van der Waals surface area contributed by atoms with Crippen molar-refractivity contribution in [2.24, 2.45) is 5.41 Å². The highest BCUT2D eigenvalue weighted by Gasteiger charge is 2.41. The Morgan fingerprint density at radius 1 is 1.44 bits per heavy atom. The zero-order chi connectivity index (χ0) is 13.2. The Hall–Kier alpha value is -0.650. The highest BCUT2D eigenvalue weighted by atomic mass is 16.5. The first-order valence-corrected chi connectivity index (χ1v) is 6.83. The summed E-state index contributed by atoms with van der Waals surface area (Å²) in [6.45, 7) is 10.2. The van der Waals surface area contributed by atoms with Crippen molar-refractivity contribution >= 4 is 5.97 Å². The van der Waals surface area contributed by atoms with Crippen molar-refractivity contribution in [3.63, 3.8) is 0 Å². The summed E-state index contributed by atoms with van der Waals surface area (Å²) in [7, 11) is 0. The second-order valence-corrected chi connectivity index (χ2v) is 5.74. The van der Waals surface area contributed by atoms with Crippen LogP contribution in [0.2, 0.25) is 0 Å². The third-order valence-electron chi connectivity index (χ3n) is 4.20. The van der Waals surface area contributed by atoms with Crippen LogP contribution in [-0.2, 0) is 9.53 Å². The van der Waals surface area contributed by atoms with Gasteiger partial charge in [-0.15, -0.1) is 0 Å². The van der Waals surface area contributed by atoms with Crippen molar-refractivity contribution in [2.45, 2.75) is 26.4 Å². The minimum absolute atomic E-state index is 0.231. The molecule has 0 aromatic rings. The van der Waals surface area contributed by atoms with E-state index in [1.54, 1.807) is 0 Å². The average molecular weight is 256 g/mol. The summed E-state index contributed by atoms with van der Waals surface area (Å²) in [6, 6.07) is 0. The molecule has 0 spiro atoms. The lowest BCUT2D eigenvalue weighted by atomic mass is 9.90. The zero-order valence-corrected chi connectivity index (χ0v) is 11.4. The summed E-state index contributed by atoms with van der Waals surface area (Å²) >= 11 is 0. The maximum Gasteiger partial charge on any atom is 0.310 e. The fraction of sp³-hybridized carbons (Fsp3) is 0.923. The Morgan fingerprint density at radius 3 is 2.83 bits per heavy atom. The third kappa shape index (κ3) is 3.02. The number of carbonyl (C=O) groups is 1. The molecular weight excluding hydrogens is 232 g/mol. The van der Waals surface area contributed by atoms with Gasteiger partial charge in [-0.1, -0.05) is 6.92 Å². The first-order valence-electron chi connectivity index (χ1n) is 6.83. The average Bonchev–Trinajstić information content (AvgIpc) is 2.72. The van der Waals surface area contributed by atoms with Crippen molar-refractivity contribution in [1.82, 2.24) is 9.80 Å². The van der Waals surface area contributed by atoms with Gasteiger partial charge in [-0.25, -0.2) is 0 Å². The van der Waals surface area contributed by atoms with Gasteiger partial charge >= 0.3 is 5.97 Å². The number of morpholine rings is 1. The number of likely N-dealkylation sites (N-methyl/N-ethyl adjacent to an activating group) is 1. The number of nitrogens with zero attached hydrogens (tertiary/aromatic N) is 2. The van der Waals surface area contributed by atoms with Crippen molar-refractivity contribution in [1.29, 1.82) is 0 Å². The SMILES string of the molecule is CCN1CCOC(CN2CCC(C)(C(=O)O)C2)C1. The molecular formula is C13H24N2O3. The summed E-state index contributed by atoms with van der Waals surface area (Å²) in [5.74, 6) is -0.676. The zero-order valence-electron chi connectivity index (χ0n) is 11.4. The Kier molecular flexibility index (Phi) is 4.25. The van der Waals surface area contributed by atoms with Gasteiger partial charge in [0.25, 0.3) is 0 Å². The lowest BCUT2D eigenvalue weighted by molar-refractivity contribution is -0.147. The van der Waals surface area contributed by atoms with E-state index in [2.05, 4.69) is 16.7 Å². The highest BCUT2D eigenvalue weighted by Crippen LogP contribution is 2.30. The number of carboxylic acid groups (broad SMARTS) is 1. The van der Waals surface area contributed by atoms with Crippen molar-refractivity contribution < 1.29 is 14.6 Å². The van der Waals surface area contributed by atoms with Gasteiger partial charge in [-0.2, -0.15) is 0 Å². The molecule has 1 N–H and O–H groups in total. The van der Waals surface area contributed by atoms with Crippen LogP contribution in [0.3, 0.4) is 0 Å². The molecule has 2 atom stereocenters. The molecule has 0 saturated carbocycles. The number of likely N-dealkylation sites (tertiary alicyclic amines) is 1. The van der Waals surface area contributed by atoms with E-state index in [0.717, 1.165) is 45.8 Å². The summed E-state index contributed by atoms with van der Waals surface area (Å²) in [6.07, 6.45) is 0.974. The number of rotatable bonds is 4. The molecule has 2 unspecified atom stereocenters. The van der Waals surface area contributed by atoms with Gasteiger partial charge in [0.1, 0.15) is 0 Å². The first-order chi connectivity index (χ1) is 8.53. The largest absolute Gasteiger partial charge is 0.481 e. The quantitative estimate of drug-likeness (QED) is 0.794. The summed E-state index contributed by atoms with van der Waals surface area (Å²) in [5.41, 5.74) is -0.570. The fourth-order valence-electron chi connectivity index (χ4n) is 2.85.